The number of epoxide rings is 1. The highest BCUT2D eigenvalue weighted by molar-refractivity contribution is 6.00. The van der Waals surface area contributed by atoms with E-state index in [-0.39, 0.29) is 51.3 Å². The molecule has 302 valence electrons. The summed E-state index contributed by atoms with van der Waals surface area (Å²) in [6, 6.07) is 15.8. The first-order valence-corrected chi connectivity index (χ1v) is 22.4. The minimum Gasteiger partial charge on any atom is -0.508 e. The number of ketones is 2. The summed E-state index contributed by atoms with van der Waals surface area (Å²) >= 11 is 0. The van der Waals surface area contributed by atoms with Crippen LogP contribution in [0.15, 0.2) is 59.7 Å². The quantitative estimate of drug-likeness (QED) is 0.182. The maximum atomic E-state index is 14.6. The maximum Gasteiger partial charge on any atom is 0.159 e. The van der Waals surface area contributed by atoms with Crippen LogP contribution in [0.1, 0.15) is 154 Å². The van der Waals surface area contributed by atoms with Gasteiger partial charge in [0.1, 0.15) is 17.6 Å². The molecule has 2 aromatic rings. The number of phenolic OH excluding ortho intramolecular Hbond substituents is 1. The van der Waals surface area contributed by atoms with Gasteiger partial charge in [-0.25, -0.2) is 0 Å². The van der Waals surface area contributed by atoms with Gasteiger partial charge in [-0.05, 0) is 158 Å². The van der Waals surface area contributed by atoms with Crippen molar-refractivity contribution in [3.8, 4) is 5.75 Å². The lowest BCUT2D eigenvalue weighted by atomic mass is 9.33. The molecule has 2 aromatic carbocycles. The highest BCUT2D eigenvalue weighted by atomic mass is 16.6. The van der Waals surface area contributed by atoms with Crippen molar-refractivity contribution in [3.63, 3.8) is 0 Å². The number of nitrogen functional groups attached to an aromatic ring is 1. The molecular weight excluding hydrogens is 695 g/mol. The molecule has 12 unspecified atom stereocenters. The minimum atomic E-state index is -0.630. The third-order valence-corrected chi connectivity index (χ3v) is 18.5. The number of fused-ring (bicyclic) bond motifs is 5. The first kappa shape index (κ1) is 38.6. The number of phenols is 1. The molecule has 1 saturated heterocycles. The van der Waals surface area contributed by atoms with Crippen LogP contribution in [0.25, 0.3) is 0 Å². The van der Waals surface area contributed by atoms with E-state index in [0.29, 0.717) is 48.2 Å². The zero-order valence-electron chi connectivity index (χ0n) is 34.9. The Kier molecular flexibility index (Phi) is 9.14. The van der Waals surface area contributed by atoms with E-state index in [9.17, 15) is 19.8 Å². The Morgan fingerprint density at radius 2 is 1.61 bits per heavy atom. The SMILES string of the molecule is CC(CC(O)C1OC1(C)C1CCCC1c1cccc(N)c1)C1=C2CCC3C4(C5CCCC5)CC(c5cccc(O)c5)C(=O)C(C)(C)C4CCC3(C)C2(C)CC1=O. The average Bonchev–Trinajstić information content (AvgIpc) is 3.58. The second-order valence-electron chi connectivity index (χ2n) is 21.2. The zero-order chi connectivity index (χ0) is 39.6. The van der Waals surface area contributed by atoms with Gasteiger partial charge in [-0.2, -0.15) is 0 Å². The molecule has 0 aromatic heterocycles. The Morgan fingerprint density at radius 1 is 0.875 bits per heavy atom. The summed E-state index contributed by atoms with van der Waals surface area (Å²) in [6.45, 7) is 13.8. The van der Waals surface area contributed by atoms with Gasteiger partial charge in [0.25, 0.3) is 0 Å². The molecule has 4 N–H and O–H groups in total. The van der Waals surface area contributed by atoms with Gasteiger partial charge >= 0.3 is 0 Å². The molecule has 6 heteroatoms. The van der Waals surface area contributed by atoms with Gasteiger partial charge < -0.3 is 20.7 Å². The molecule has 12 atom stereocenters. The van der Waals surface area contributed by atoms with Crippen molar-refractivity contribution in [2.24, 2.45) is 51.2 Å². The van der Waals surface area contributed by atoms with E-state index < -0.39 is 11.5 Å². The summed E-state index contributed by atoms with van der Waals surface area (Å²) in [5.41, 5.74) is 10.4. The number of ether oxygens (including phenoxy) is 1. The van der Waals surface area contributed by atoms with Gasteiger partial charge in [0, 0.05) is 28.9 Å². The van der Waals surface area contributed by atoms with Crippen molar-refractivity contribution >= 4 is 17.3 Å². The van der Waals surface area contributed by atoms with Gasteiger partial charge in [-0.3, -0.25) is 9.59 Å². The first-order chi connectivity index (χ1) is 26.6. The predicted molar refractivity (Wildman–Crippen MR) is 221 cm³/mol. The lowest BCUT2D eigenvalue weighted by Crippen LogP contribution is -2.66. The first-order valence-electron chi connectivity index (χ1n) is 22.4. The molecule has 0 amide bonds. The lowest BCUT2D eigenvalue weighted by Gasteiger charge is -2.71. The van der Waals surface area contributed by atoms with Crippen molar-refractivity contribution in [2.45, 2.75) is 161 Å². The number of aliphatic hydroxyl groups excluding tert-OH is 1. The number of Topliss-reactive ketones (excluding diaryl/α,β-unsaturated/α-hetero) is 2. The summed E-state index contributed by atoms with van der Waals surface area (Å²) in [6.07, 6.45) is 13.4. The molecule has 7 aliphatic rings. The number of benzene rings is 2. The number of aromatic hydroxyl groups is 1. The topological polar surface area (TPSA) is 113 Å². The molecule has 5 saturated carbocycles. The van der Waals surface area contributed by atoms with Crippen molar-refractivity contribution in [3.05, 3.63) is 70.8 Å². The van der Waals surface area contributed by atoms with Crippen molar-refractivity contribution < 1.29 is 24.5 Å². The van der Waals surface area contributed by atoms with Crippen LogP contribution < -0.4 is 5.73 Å². The van der Waals surface area contributed by atoms with E-state index in [1.807, 2.05) is 24.3 Å². The monoisotopic (exact) mass is 762 g/mol. The number of aliphatic hydroxyl groups is 1. The summed E-state index contributed by atoms with van der Waals surface area (Å²) in [4.78, 5) is 29.1. The number of nitrogens with two attached hydrogens (primary N) is 1. The standard InChI is InChI=1S/C50H67NO5/c1-29(24-39(53)45-49(6,56-45)37-19-11-18-35(37)30-12-9-16-33(51)25-30)43-38-20-21-42-47(4,48(38,5)28-40(43)54)23-22-41-46(2,3)44(55)36(31-13-10-17-34(52)26-31)27-50(41,42)32-14-7-8-15-32/h9-10,12-13,16-17,25-26,29,32,35-37,39,41-42,45,52-53H,7-8,11,14-15,18-24,27-28,51H2,1-6H3. The van der Waals surface area contributed by atoms with Gasteiger partial charge in [0.05, 0.1) is 11.7 Å². The van der Waals surface area contributed by atoms with E-state index >= 15 is 0 Å². The third-order valence-electron chi connectivity index (χ3n) is 18.5. The highest BCUT2D eigenvalue weighted by Crippen LogP contribution is 2.77. The Hall–Kier alpha value is -2.96. The van der Waals surface area contributed by atoms with Crippen LogP contribution in [-0.2, 0) is 14.3 Å². The second-order valence-corrected chi connectivity index (χ2v) is 21.2. The van der Waals surface area contributed by atoms with Crippen LogP contribution in [0.3, 0.4) is 0 Å². The fraction of sp³-hybridized carbons (Fsp3) is 0.680. The van der Waals surface area contributed by atoms with Crippen molar-refractivity contribution in [1.82, 2.24) is 0 Å². The molecule has 0 bridgehead atoms. The van der Waals surface area contributed by atoms with E-state index in [2.05, 4.69) is 59.7 Å². The van der Waals surface area contributed by atoms with E-state index in [4.69, 9.17) is 10.5 Å². The summed E-state index contributed by atoms with van der Waals surface area (Å²) in [7, 11) is 0. The molecule has 0 spiro atoms. The average molecular weight is 762 g/mol. The maximum absolute atomic E-state index is 14.6. The van der Waals surface area contributed by atoms with Crippen LogP contribution in [0.5, 0.6) is 5.75 Å². The van der Waals surface area contributed by atoms with Crippen LogP contribution in [-0.4, -0.2) is 39.6 Å². The van der Waals surface area contributed by atoms with Gasteiger partial charge in [0.2, 0.25) is 0 Å². The Balaban J connectivity index is 1.01. The summed E-state index contributed by atoms with van der Waals surface area (Å²) in [5, 5.41) is 22.4. The number of hydrogen-bond donors (Lipinski definition) is 3. The zero-order valence-corrected chi connectivity index (χ0v) is 34.9. The molecule has 9 rings (SSSR count). The summed E-state index contributed by atoms with van der Waals surface area (Å²) in [5.74, 6) is 2.57. The van der Waals surface area contributed by atoms with Crippen molar-refractivity contribution in [2.75, 3.05) is 5.73 Å². The largest absolute Gasteiger partial charge is 0.508 e. The van der Waals surface area contributed by atoms with E-state index in [1.165, 1.54) is 36.8 Å². The van der Waals surface area contributed by atoms with E-state index in [0.717, 1.165) is 68.2 Å². The molecule has 56 heavy (non-hydrogen) atoms. The van der Waals surface area contributed by atoms with Gasteiger partial charge in [-0.1, -0.05) is 83.7 Å². The Labute approximate surface area is 335 Å². The fourth-order valence-corrected chi connectivity index (χ4v) is 15.8. The smallest absolute Gasteiger partial charge is 0.159 e. The number of carbonyl (C=O) groups excluding carboxylic acids is 2. The predicted octanol–water partition coefficient (Wildman–Crippen LogP) is 10.5. The van der Waals surface area contributed by atoms with Crippen LogP contribution >= 0.6 is 0 Å². The lowest BCUT2D eigenvalue weighted by molar-refractivity contribution is -0.207. The number of carbonyl (C=O) groups is 2. The molecule has 6 aliphatic carbocycles. The van der Waals surface area contributed by atoms with Crippen LogP contribution in [0.4, 0.5) is 5.69 Å². The third kappa shape index (κ3) is 5.46. The van der Waals surface area contributed by atoms with E-state index in [1.54, 1.807) is 6.07 Å². The molecule has 6 fully saturated rings. The molecular formula is C50H67NO5. The van der Waals surface area contributed by atoms with Crippen molar-refractivity contribution in [1.29, 1.82) is 0 Å². The molecule has 0 radical (unpaired) electrons. The van der Waals surface area contributed by atoms with Gasteiger partial charge in [0.15, 0.2) is 5.78 Å². The normalized spacial score (nSPS) is 41.6. The highest BCUT2D eigenvalue weighted by Gasteiger charge is 2.72. The second kappa shape index (κ2) is 13.3. The van der Waals surface area contributed by atoms with Crippen LogP contribution in [0, 0.1) is 51.2 Å². The Morgan fingerprint density at radius 3 is 2.34 bits per heavy atom. The number of allylic oxidation sites excluding steroid dienone is 2. The summed E-state index contributed by atoms with van der Waals surface area (Å²) < 4.78 is 6.50. The molecule has 1 heterocycles. The molecule has 1 aliphatic heterocycles. The fourth-order valence-electron chi connectivity index (χ4n) is 15.8. The molecule has 6 nitrogen and oxygen atoms in total. The van der Waals surface area contributed by atoms with Gasteiger partial charge in [-0.15, -0.1) is 0 Å². The number of rotatable bonds is 8. The minimum absolute atomic E-state index is 0.00345. The number of hydrogen-bond acceptors (Lipinski definition) is 6. The Bertz CT molecular complexity index is 1940. The number of anilines is 1. The van der Waals surface area contributed by atoms with Crippen LogP contribution in [0.2, 0.25) is 0 Å².